The van der Waals surface area contributed by atoms with Gasteiger partial charge in [-0.25, -0.2) is 0 Å². The van der Waals surface area contributed by atoms with Crippen LogP contribution in [0.3, 0.4) is 0 Å². The minimum atomic E-state index is -0.108. The van der Waals surface area contributed by atoms with Crippen LogP contribution >= 0.6 is 34.5 Å². The summed E-state index contributed by atoms with van der Waals surface area (Å²) >= 11 is 13.5. The van der Waals surface area contributed by atoms with Gasteiger partial charge in [0.05, 0.1) is 0 Å². The second-order valence-corrected chi connectivity index (χ2v) is 5.95. The molecular formula is C15H13Cl2NOS. The second-order valence-electron chi connectivity index (χ2n) is 4.13. The van der Waals surface area contributed by atoms with Crippen LogP contribution in [0.4, 0.5) is 0 Å². The first-order valence-electron chi connectivity index (χ1n) is 6.08. The standard InChI is InChI=1S/C15H13Cl2NOS/c16-12-4-3-11(14(17)10-12)7-8-18-15(19)6-5-13-2-1-9-20-13/h1-6,9-10H,7-8H2,(H,18,19)/b6-5+. The molecule has 0 saturated carbocycles. The van der Waals surface area contributed by atoms with E-state index < -0.39 is 0 Å². The lowest BCUT2D eigenvalue weighted by Gasteiger charge is -2.05. The molecule has 0 aliphatic carbocycles. The molecule has 1 amide bonds. The summed E-state index contributed by atoms with van der Waals surface area (Å²) in [5.74, 6) is -0.108. The van der Waals surface area contributed by atoms with E-state index in [1.165, 1.54) is 6.08 Å². The first kappa shape index (κ1) is 15.1. The molecule has 20 heavy (non-hydrogen) atoms. The highest BCUT2D eigenvalue weighted by molar-refractivity contribution is 7.10. The number of carbonyl (C=O) groups excluding carboxylic acids is 1. The van der Waals surface area contributed by atoms with Crippen molar-refractivity contribution in [3.05, 3.63) is 62.3 Å². The maximum atomic E-state index is 11.6. The third kappa shape index (κ3) is 4.67. The normalized spacial score (nSPS) is 10.9. The van der Waals surface area contributed by atoms with Gasteiger partial charge in [0.25, 0.3) is 0 Å². The highest BCUT2D eigenvalue weighted by Gasteiger charge is 2.02. The van der Waals surface area contributed by atoms with Crippen LogP contribution in [0, 0.1) is 0 Å². The van der Waals surface area contributed by atoms with Crippen molar-refractivity contribution >= 4 is 46.5 Å². The van der Waals surface area contributed by atoms with Crippen molar-refractivity contribution in [1.29, 1.82) is 0 Å². The molecule has 0 unspecified atom stereocenters. The summed E-state index contributed by atoms with van der Waals surface area (Å²) in [5, 5.41) is 6.03. The van der Waals surface area contributed by atoms with Crippen molar-refractivity contribution in [1.82, 2.24) is 5.32 Å². The molecule has 0 aliphatic heterocycles. The van der Waals surface area contributed by atoms with E-state index in [0.29, 0.717) is 23.0 Å². The lowest BCUT2D eigenvalue weighted by Crippen LogP contribution is -2.23. The molecule has 2 rings (SSSR count). The van der Waals surface area contributed by atoms with Crippen LogP contribution in [0.15, 0.2) is 41.8 Å². The zero-order valence-corrected chi connectivity index (χ0v) is 12.9. The number of thiophene rings is 1. The van der Waals surface area contributed by atoms with E-state index in [9.17, 15) is 4.79 Å². The Morgan fingerprint density at radius 1 is 1.30 bits per heavy atom. The van der Waals surface area contributed by atoms with Crippen LogP contribution in [0.1, 0.15) is 10.4 Å². The third-order valence-electron chi connectivity index (χ3n) is 2.65. The Balaban J connectivity index is 1.79. The van der Waals surface area contributed by atoms with Crippen LogP contribution in [-0.2, 0) is 11.2 Å². The Morgan fingerprint density at radius 3 is 2.85 bits per heavy atom. The van der Waals surface area contributed by atoms with Gasteiger partial charge in [-0.3, -0.25) is 4.79 Å². The van der Waals surface area contributed by atoms with E-state index in [2.05, 4.69) is 5.32 Å². The molecule has 0 aliphatic rings. The number of nitrogens with one attached hydrogen (secondary N) is 1. The molecule has 0 fully saturated rings. The summed E-state index contributed by atoms with van der Waals surface area (Å²) in [6.07, 6.45) is 4.01. The Hall–Kier alpha value is -1.29. The fraction of sp³-hybridized carbons (Fsp3) is 0.133. The van der Waals surface area contributed by atoms with Crippen LogP contribution < -0.4 is 5.32 Å². The predicted molar refractivity (Wildman–Crippen MR) is 86.5 cm³/mol. The summed E-state index contributed by atoms with van der Waals surface area (Å²) in [5.41, 5.74) is 0.971. The number of halogens is 2. The summed E-state index contributed by atoms with van der Waals surface area (Å²) in [7, 11) is 0. The first-order chi connectivity index (χ1) is 9.65. The van der Waals surface area contributed by atoms with Crippen LogP contribution in [0.25, 0.3) is 6.08 Å². The van der Waals surface area contributed by atoms with E-state index in [-0.39, 0.29) is 5.91 Å². The Bertz CT molecular complexity index is 608. The number of hydrogen-bond donors (Lipinski definition) is 1. The quantitative estimate of drug-likeness (QED) is 0.809. The van der Waals surface area contributed by atoms with Gasteiger partial charge in [-0.2, -0.15) is 0 Å². The molecule has 1 aromatic heterocycles. The summed E-state index contributed by atoms with van der Waals surface area (Å²) in [4.78, 5) is 12.7. The minimum absolute atomic E-state index is 0.108. The largest absolute Gasteiger partial charge is 0.352 e. The molecule has 2 aromatic rings. The molecular weight excluding hydrogens is 313 g/mol. The van der Waals surface area contributed by atoms with Crippen LogP contribution in [-0.4, -0.2) is 12.5 Å². The number of amides is 1. The maximum absolute atomic E-state index is 11.6. The maximum Gasteiger partial charge on any atom is 0.244 e. The first-order valence-corrected chi connectivity index (χ1v) is 7.72. The molecule has 1 N–H and O–H groups in total. The predicted octanol–water partition coefficient (Wildman–Crippen LogP) is 4.43. The Morgan fingerprint density at radius 2 is 2.15 bits per heavy atom. The average Bonchev–Trinajstić information content (AvgIpc) is 2.92. The third-order valence-corrected chi connectivity index (χ3v) is 4.08. The van der Waals surface area contributed by atoms with Crippen molar-refractivity contribution < 1.29 is 4.79 Å². The fourth-order valence-electron chi connectivity index (χ4n) is 1.65. The monoisotopic (exact) mass is 325 g/mol. The molecule has 0 radical (unpaired) electrons. The van der Waals surface area contributed by atoms with Gasteiger partial charge < -0.3 is 5.32 Å². The molecule has 2 nitrogen and oxygen atoms in total. The summed E-state index contributed by atoms with van der Waals surface area (Å²) < 4.78 is 0. The highest BCUT2D eigenvalue weighted by Crippen LogP contribution is 2.21. The number of rotatable bonds is 5. The lowest BCUT2D eigenvalue weighted by molar-refractivity contribution is -0.116. The second kappa shape index (κ2) is 7.48. The zero-order valence-electron chi connectivity index (χ0n) is 10.6. The SMILES string of the molecule is O=C(/C=C/c1cccs1)NCCc1ccc(Cl)cc1Cl. The summed E-state index contributed by atoms with van der Waals surface area (Å²) in [6.45, 7) is 0.537. The molecule has 5 heteroatoms. The molecule has 1 heterocycles. The van der Waals surface area contributed by atoms with Gasteiger partial charge in [0.2, 0.25) is 5.91 Å². The fourth-order valence-corrected chi connectivity index (χ4v) is 2.77. The average molecular weight is 326 g/mol. The van der Waals surface area contributed by atoms with Crippen LogP contribution in [0.2, 0.25) is 10.0 Å². The molecule has 0 bridgehead atoms. The van der Waals surface area contributed by atoms with Gasteiger partial charge in [-0.1, -0.05) is 35.3 Å². The minimum Gasteiger partial charge on any atom is -0.352 e. The van der Waals surface area contributed by atoms with E-state index in [1.54, 1.807) is 29.5 Å². The molecule has 0 spiro atoms. The van der Waals surface area contributed by atoms with E-state index in [1.807, 2.05) is 23.6 Å². The van der Waals surface area contributed by atoms with E-state index in [4.69, 9.17) is 23.2 Å². The van der Waals surface area contributed by atoms with Crippen molar-refractivity contribution in [2.24, 2.45) is 0 Å². The van der Waals surface area contributed by atoms with Gasteiger partial charge in [0.15, 0.2) is 0 Å². The zero-order chi connectivity index (χ0) is 14.4. The highest BCUT2D eigenvalue weighted by atomic mass is 35.5. The van der Waals surface area contributed by atoms with Crippen molar-refractivity contribution in [3.8, 4) is 0 Å². The van der Waals surface area contributed by atoms with Gasteiger partial charge in [-0.15, -0.1) is 11.3 Å². The van der Waals surface area contributed by atoms with Gasteiger partial charge in [-0.05, 0) is 41.6 Å². The Labute approximate surface area is 132 Å². The molecule has 1 aromatic carbocycles. The van der Waals surface area contributed by atoms with Crippen molar-refractivity contribution in [2.45, 2.75) is 6.42 Å². The summed E-state index contributed by atoms with van der Waals surface area (Å²) in [6, 6.07) is 9.28. The topological polar surface area (TPSA) is 29.1 Å². The van der Waals surface area contributed by atoms with Gasteiger partial charge >= 0.3 is 0 Å². The van der Waals surface area contributed by atoms with E-state index in [0.717, 1.165) is 10.4 Å². The van der Waals surface area contributed by atoms with Gasteiger partial charge in [0.1, 0.15) is 0 Å². The van der Waals surface area contributed by atoms with Crippen LogP contribution in [0.5, 0.6) is 0 Å². The van der Waals surface area contributed by atoms with Crippen molar-refractivity contribution in [3.63, 3.8) is 0 Å². The van der Waals surface area contributed by atoms with Crippen molar-refractivity contribution in [2.75, 3.05) is 6.54 Å². The number of carbonyl (C=O) groups is 1. The molecule has 0 saturated heterocycles. The lowest BCUT2D eigenvalue weighted by atomic mass is 10.1. The molecule has 104 valence electrons. The molecule has 0 atom stereocenters. The number of benzene rings is 1. The smallest absolute Gasteiger partial charge is 0.244 e. The Kier molecular flexibility index (Phi) is 5.65. The van der Waals surface area contributed by atoms with E-state index >= 15 is 0 Å². The van der Waals surface area contributed by atoms with Gasteiger partial charge in [0, 0.05) is 27.5 Å². The number of hydrogen-bond acceptors (Lipinski definition) is 2.